The number of hydrogen-bond acceptors (Lipinski definition) is 7. The van der Waals surface area contributed by atoms with Crippen LogP contribution < -0.4 is 10.6 Å². The van der Waals surface area contributed by atoms with E-state index in [1.54, 1.807) is 12.3 Å². The Morgan fingerprint density at radius 1 is 1.02 bits per heavy atom. The second-order valence-electron chi connectivity index (χ2n) is 11.7. The molecule has 10 heteroatoms. The van der Waals surface area contributed by atoms with Crippen LogP contribution in [-0.4, -0.2) is 27.8 Å². The Hall–Kier alpha value is -4.86. The number of nitrogens with one attached hydrogen (secondary N) is 2. The van der Waals surface area contributed by atoms with Gasteiger partial charge in [-0.25, -0.2) is 4.68 Å². The van der Waals surface area contributed by atoms with Gasteiger partial charge >= 0.3 is 0 Å². The van der Waals surface area contributed by atoms with E-state index in [-0.39, 0.29) is 11.6 Å². The first-order valence-corrected chi connectivity index (χ1v) is 14.5. The lowest BCUT2D eigenvalue weighted by atomic mass is 9.69. The number of anilines is 2. The topological polar surface area (TPSA) is 115 Å². The number of aromatic nitrogens is 4. The minimum atomic E-state index is -0.892. The Balaban J connectivity index is 1.66. The van der Waals surface area contributed by atoms with Crippen LogP contribution in [-0.2, 0) is 11.0 Å². The predicted octanol–water partition coefficient (Wildman–Crippen LogP) is 6.49. The van der Waals surface area contributed by atoms with Crippen molar-refractivity contribution in [2.75, 3.05) is 10.6 Å². The maximum absolute atomic E-state index is 10.1. The summed E-state index contributed by atoms with van der Waals surface area (Å²) in [6, 6.07) is 25.9. The molecule has 0 aliphatic heterocycles. The molecule has 43 heavy (non-hydrogen) atoms. The normalized spacial score (nSPS) is 13.5. The average molecular weight is 587 g/mol. The number of nitrogens with zero attached hydrogens (tertiary/aromatic N) is 6. The monoisotopic (exact) mass is 586 g/mol. The molecule has 0 saturated carbocycles. The van der Waals surface area contributed by atoms with Crippen LogP contribution in [0.2, 0.25) is 5.02 Å². The minimum Gasteiger partial charge on any atom is -0.378 e. The zero-order valence-corrected chi connectivity index (χ0v) is 25.6. The maximum Gasteiger partial charge on any atom is 0.148 e. The van der Waals surface area contributed by atoms with Crippen LogP contribution in [0, 0.1) is 22.7 Å². The Morgan fingerprint density at radius 3 is 2.44 bits per heavy atom. The van der Waals surface area contributed by atoms with Crippen LogP contribution in [0.5, 0.6) is 0 Å². The number of halogens is 1. The molecule has 0 aliphatic rings. The van der Waals surface area contributed by atoms with Crippen molar-refractivity contribution >= 4 is 41.7 Å². The van der Waals surface area contributed by atoms with Gasteiger partial charge in [0.15, 0.2) is 0 Å². The first-order chi connectivity index (χ1) is 20.6. The summed E-state index contributed by atoms with van der Waals surface area (Å²) in [5.74, 6) is 0. The smallest absolute Gasteiger partial charge is 0.148 e. The number of hydrogen-bond donors (Lipinski definition) is 2. The summed E-state index contributed by atoms with van der Waals surface area (Å²) in [5.41, 5.74) is 4.36. The van der Waals surface area contributed by atoms with Crippen molar-refractivity contribution in [1.82, 2.24) is 20.0 Å². The second-order valence-corrected chi connectivity index (χ2v) is 12.1. The Labute approximate surface area is 257 Å². The molecular formula is C33H32BClN8. The zero-order valence-electron chi connectivity index (χ0n) is 24.9. The number of pyridine rings is 1. The van der Waals surface area contributed by atoms with Gasteiger partial charge in [-0.3, -0.25) is 4.98 Å². The molecule has 5 aromatic rings. The molecule has 8 nitrogen and oxygen atoms in total. The van der Waals surface area contributed by atoms with Gasteiger partial charge in [-0.15, -0.1) is 5.10 Å². The highest BCUT2D eigenvalue weighted by atomic mass is 35.5. The third-order valence-corrected chi connectivity index (χ3v) is 7.92. The van der Waals surface area contributed by atoms with Gasteiger partial charge in [-0.05, 0) is 62.6 Å². The quantitative estimate of drug-likeness (QED) is 0.200. The molecule has 3 aromatic carbocycles. The van der Waals surface area contributed by atoms with Crippen molar-refractivity contribution < 1.29 is 0 Å². The summed E-state index contributed by atoms with van der Waals surface area (Å²) < 4.78 is 1.82. The van der Waals surface area contributed by atoms with Crippen molar-refractivity contribution in [3.8, 4) is 12.1 Å². The van der Waals surface area contributed by atoms with Crippen LogP contribution in [0.4, 0.5) is 11.4 Å². The summed E-state index contributed by atoms with van der Waals surface area (Å²) in [5, 5.41) is 37.1. The van der Waals surface area contributed by atoms with E-state index in [4.69, 9.17) is 11.6 Å². The van der Waals surface area contributed by atoms with Crippen LogP contribution in [0.15, 0.2) is 79.1 Å². The summed E-state index contributed by atoms with van der Waals surface area (Å²) in [4.78, 5) is 4.54. The predicted molar refractivity (Wildman–Crippen MR) is 174 cm³/mol. The third kappa shape index (κ3) is 5.91. The van der Waals surface area contributed by atoms with Gasteiger partial charge in [0.25, 0.3) is 0 Å². The number of nitriles is 2. The van der Waals surface area contributed by atoms with Gasteiger partial charge < -0.3 is 10.6 Å². The van der Waals surface area contributed by atoms with E-state index in [0.717, 1.165) is 22.9 Å². The van der Waals surface area contributed by atoms with E-state index in [9.17, 15) is 10.5 Å². The second kappa shape index (κ2) is 11.8. The molecule has 2 N–H and O–H groups in total. The molecule has 0 fully saturated rings. The van der Waals surface area contributed by atoms with Gasteiger partial charge in [0.1, 0.15) is 19.6 Å². The van der Waals surface area contributed by atoms with E-state index < -0.39 is 5.44 Å². The lowest BCUT2D eigenvalue weighted by molar-refractivity contribution is 0.347. The molecule has 2 atom stereocenters. The molecule has 2 heterocycles. The molecule has 0 amide bonds. The lowest BCUT2D eigenvalue weighted by Crippen LogP contribution is -2.38. The van der Waals surface area contributed by atoms with E-state index in [1.807, 2.05) is 67.3 Å². The van der Waals surface area contributed by atoms with E-state index in [0.29, 0.717) is 38.7 Å². The highest BCUT2D eigenvalue weighted by Crippen LogP contribution is 2.38. The van der Waals surface area contributed by atoms with E-state index in [2.05, 4.69) is 77.9 Å². The number of fused-ring (bicyclic) bond motifs is 1. The fraction of sp³-hybridized carbons (Fsp3) is 0.242. The summed E-state index contributed by atoms with van der Waals surface area (Å²) in [7, 11) is 2.00. The molecule has 1 unspecified atom stereocenters. The molecule has 0 bridgehead atoms. The van der Waals surface area contributed by atoms with Crippen LogP contribution >= 0.6 is 11.6 Å². The maximum atomic E-state index is 10.1. The molecule has 214 valence electrons. The summed E-state index contributed by atoms with van der Waals surface area (Å²) in [6.45, 7) is 8.28. The van der Waals surface area contributed by atoms with Crippen molar-refractivity contribution in [3.63, 3.8) is 0 Å². The lowest BCUT2D eigenvalue weighted by Gasteiger charge is -2.32. The Kier molecular flexibility index (Phi) is 8.13. The fourth-order valence-electron chi connectivity index (χ4n) is 5.15. The van der Waals surface area contributed by atoms with E-state index >= 15 is 0 Å². The highest BCUT2D eigenvalue weighted by molar-refractivity contribution is 6.36. The van der Waals surface area contributed by atoms with E-state index in [1.165, 1.54) is 0 Å². The summed E-state index contributed by atoms with van der Waals surface area (Å²) in [6.07, 6.45) is 4.29. The van der Waals surface area contributed by atoms with Gasteiger partial charge in [-0.2, -0.15) is 10.5 Å². The average Bonchev–Trinajstić information content (AvgIpc) is 3.52. The van der Waals surface area contributed by atoms with Gasteiger partial charge in [-0.1, -0.05) is 66.2 Å². The van der Waals surface area contributed by atoms with Gasteiger partial charge in [0.05, 0.1) is 56.6 Å². The van der Waals surface area contributed by atoms with Crippen molar-refractivity contribution in [2.24, 2.45) is 0 Å². The third-order valence-electron chi connectivity index (χ3n) is 7.63. The minimum absolute atomic E-state index is 0.0271. The molecule has 0 saturated heterocycles. The van der Waals surface area contributed by atoms with Gasteiger partial charge in [0, 0.05) is 17.3 Å². The van der Waals surface area contributed by atoms with Crippen LogP contribution in [0.1, 0.15) is 68.1 Å². The molecule has 5 rings (SSSR count). The molecule has 0 aliphatic carbocycles. The molecular weight excluding hydrogens is 555 g/mol. The van der Waals surface area contributed by atoms with Gasteiger partial charge in [0.2, 0.25) is 0 Å². The first-order valence-electron chi connectivity index (χ1n) is 14.1. The molecule has 2 aromatic heterocycles. The van der Waals surface area contributed by atoms with Crippen LogP contribution in [0.25, 0.3) is 10.9 Å². The fourth-order valence-corrected chi connectivity index (χ4v) is 5.41. The first kappa shape index (κ1) is 29.6. The standard InChI is InChI=1S/C33H32BClN8/c1-5-28(22-11-7-6-8-12-22)39-30-23(18-37)19-38-31-26(30)15-25(16-27(31)35)40-33(34,24-13-9-10-21(14-24)17-36)29-20-43(42-41-29)32(2,3)4/h6-16,19-20,28,40H,5,34H2,1-4H3,(H,38,39)/t28-,33?/m1/s1. The van der Waals surface area contributed by atoms with Crippen molar-refractivity contribution in [3.05, 3.63) is 112 Å². The van der Waals surface area contributed by atoms with Crippen LogP contribution in [0.3, 0.4) is 0 Å². The Bertz CT molecular complexity index is 1870. The number of benzene rings is 3. The summed E-state index contributed by atoms with van der Waals surface area (Å²) >= 11 is 6.86. The highest BCUT2D eigenvalue weighted by Gasteiger charge is 2.34. The Morgan fingerprint density at radius 2 is 1.79 bits per heavy atom. The largest absolute Gasteiger partial charge is 0.378 e. The number of rotatable bonds is 8. The van der Waals surface area contributed by atoms with Crippen molar-refractivity contribution in [2.45, 2.75) is 51.1 Å². The molecule has 0 radical (unpaired) electrons. The molecule has 0 spiro atoms. The van der Waals surface area contributed by atoms with Crippen molar-refractivity contribution in [1.29, 1.82) is 10.5 Å². The SMILES string of the molecule is BC(Nc1cc(Cl)c2ncc(C#N)c(N[C@H](CC)c3ccccc3)c2c1)(c1cccc(C#N)c1)c1cn(C(C)(C)C)nn1. The zero-order chi connectivity index (χ0) is 30.8.